The molecule has 1 aliphatic rings. The first kappa shape index (κ1) is 13.3. The highest BCUT2D eigenvalue weighted by Crippen LogP contribution is 2.44. The first-order valence-electron chi connectivity index (χ1n) is 6.77. The summed E-state index contributed by atoms with van der Waals surface area (Å²) in [5.41, 5.74) is 7.58. The van der Waals surface area contributed by atoms with E-state index in [0.717, 1.165) is 17.7 Å². The lowest BCUT2D eigenvalue weighted by Crippen LogP contribution is -2.24. The molecule has 21 heavy (non-hydrogen) atoms. The zero-order chi connectivity index (χ0) is 15.0. The summed E-state index contributed by atoms with van der Waals surface area (Å²) < 4.78 is 11.8. The van der Waals surface area contributed by atoms with Crippen molar-refractivity contribution in [1.29, 1.82) is 5.26 Å². The summed E-state index contributed by atoms with van der Waals surface area (Å²) in [5, 5.41) is 9.02. The summed E-state index contributed by atoms with van der Waals surface area (Å²) in [7, 11) is 0. The van der Waals surface area contributed by atoms with E-state index in [0.29, 0.717) is 22.7 Å². The van der Waals surface area contributed by atoms with E-state index in [4.69, 9.17) is 20.5 Å². The van der Waals surface area contributed by atoms with Crippen LogP contribution in [0.1, 0.15) is 25.0 Å². The van der Waals surface area contributed by atoms with Crippen molar-refractivity contribution < 1.29 is 9.47 Å². The molecule has 3 rings (SSSR count). The predicted molar refractivity (Wildman–Crippen MR) is 80.5 cm³/mol. The van der Waals surface area contributed by atoms with Crippen molar-refractivity contribution in [1.82, 2.24) is 0 Å². The van der Waals surface area contributed by atoms with Gasteiger partial charge in [-0.15, -0.1) is 0 Å². The van der Waals surface area contributed by atoms with Gasteiger partial charge in [-0.25, -0.2) is 0 Å². The maximum atomic E-state index is 9.02. The second-order valence-corrected chi connectivity index (χ2v) is 5.71. The summed E-state index contributed by atoms with van der Waals surface area (Å²) in [5.74, 6) is 1.85. The lowest BCUT2D eigenvalue weighted by molar-refractivity contribution is 0.135. The number of nitriles is 1. The van der Waals surface area contributed by atoms with Crippen LogP contribution in [0.5, 0.6) is 17.2 Å². The summed E-state index contributed by atoms with van der Waals surface area (Å²) in [6.45, 7) is 4.09. The molecule has 1 aliphatic heterocycles. The number of nitrogens with zero attached hydrogens (tertiary/aromatic N) is 1. The van der Waals surface area contributed by atoms with Crippen molar-refractivity contribution in [2.45, 2.75) is 25.9 Å². The SMILES string of the molecule is CC1(C)Cc2cccc(Oc3cccc(C#N)c3N)c2O1. The number of rotatable bonds is 2. The van der Waals surface area contributed by atoms with Crippen LogP contribution in [0.3, 0.4) is 0 Å². The van der Waals surface area contributed by atoms with Crippen LogP contribution in [0.4, 0.5) is 5.69 Å². The van der Waals surface area contributed by atoms with Gasteiger partial charge in [-0.2, -0.15) is 5.26 Å². The zero-order valence-corrected chi connectivity index (χ0v) is 12.0. The van der Waals surface area contributed by atoms with Crippen molar-refractivity contribution in [3.05, 3.63) is 47.5 Å². The van der Waals surface area contributed by atoms with Gasteiger partial charge in [0.05, 0.1) is 11.3 Å². The zero-order valence-electron chi connectivity index (χ0n) is 12.0. The highest BCUT2D eigenvalue weighted by atomic mass is 16.5. The third kappa shape index (κ3) is 2.38. The van der Waals surface area contributed by atoms with Gasteiger partial charge in [0.2, 0.25) is 0 Å². The Balaban J connectivity index is 1.99. The van der Waals surface area contributed by atoms with Gasteiger partial charge in [0.25, 0.3) is 0 Å². The summed E-state index contributed by atoms with van der Waals surface area (Å²) in [6, 6.07) is 13.0. The molecular formula is C17H16N2O2. The highest BCUT2D eigenvalue weighted by Gasteiger charge is 2.32. The molecule has 0 unspecified atom stereocenters. The molecule has 0 atom stereocenters. The maximum Gasteiger partial charge on any atom is 0.169 e. The number of nitrogen functional groups attached to an aromatic ring is 1. The molecule has 0 saturated heterocycles. The van der Waals surface area contributed by atoms with E-state index >= 15 is 0 Å². The summed E-state index contributed by atoms with van der Waals surface area (Å²) in [4.78, 5) is 0. The molecule has 106 valence electrons. The Hall–Kier alpha value is -2.67. The number of nitrogens with two attached hydrogens (primary N) is 1. The van der Waals surface area contributed by atoms with Crippen molar-refractivity contribution in [2.75, 3.05) is 5.73 Å². The van der Waals surface area contributed by atoms with Crippen LogP contribution in [-0.2, 0) is 6.42 Å². The molecule has 0 aromatic heterocycles. The second kappa shape index (κ2) is 4.71. The van der Waals surface area contributed by atoms with E-state index in [1.807, 2.05) is 32.0 Å². The Morgan fingerprint density at radius 3 is 2.67 bits per heavy atom. The molecule has 2 N–H and O–H groups in total. The fraction of sp³-hybridized carbons (Fsp3) is 0.235. The Morgan fingerprint density at radius 1 is 1.19 bits per heavy atom. The minimum Gasteiger partial charge on any atom is -0.483 e. The number of ether oxygens (including phenoxy) is 2. The fourth-order valence-electron chi connectivity index (χ4n) is 2.52. The lowest BCUT2D eigenvalue weighted by atomic mass is 10.0. The first-order valence-corrected chi connectivity index (χ1v) is 6.77. The molecule has 0 bridgehead atoms. The van der Waals surface area contributed by atoms with Crippen LogP contribution >= 0.6 is 0 Å². The van der Waals surface area contributed by atoms with Gasteiger partial charge in [-0.05, 0) is 32.0 Å². The first-order chi connectivity index (χ1) is 10.00. The van der Waals surface area contributed by atoms with Crippen molar-refractivity contribution in [2.24, 2.45) is 0 Å². The van der Waals surface area contributed by atoms with Gasteiger partial charge in [0, 0.05) is 12.0 Å². The van der Waals surface area contributed by atoms with Crippen LogP contribution in [0, 0.1) is 11.3 Å². The van der Waals surface area contributed by atoms with Crippen LogP contribution in [0.2, 0.25) is 0 Å². The van der Waals surface area contributed by atoms with Crippen molar-refractivity contribution in [3.8, 4) is 23.3 Å². The molecule has 0 fully saturated rings. The van der Waals surface area contributed by atoms with Crippen LogP contribution < -0.4 is 15.2 Å². The van der Waals surface area contributed by atoms with E-state index in [1.165, 1.54) is 0 Å². The topological polar surface area (TPSA) is 68.3 Å². The van der Waals surface area contributed by atoms with Crippen LogP contribution in [-0.4, -0.2) is 5.60 Å². The third-order valence-electron chi connectivity index (χ3n) is 3.46. The van der Waals surface area contributed by atoms with Crippen LogP contribution in [0.15, 0.2) is 36.4 Å². The molecule has 0 radical (unpaired) electrons. The van der Waals surface area contributed by atoms with Crippen molar-refractivity contribution in [3.63, 3.8) is 0 Å². The average molecular weight is 280 g/mol. The smallest absolute Gasteiger partial charge is 0.169 e. The maximum absolute atomic E-state index is 9.02. The number of anilines is 1. The Kier molecular flexibility index (Phi) is 2.99. The quantitative estimate of drug-likeness (QED) is 0.853. The van der Waals surface area contributed by atoms with Gasteiger partial charge >= 0.3 is 0 Å². The van der Waals surface area contributed by atoms with E-state index in [1.54, 1.807) is 18.2 Å². The number of benzene rings is 2. The number of hydrogen-bond acceptors (Lipinski definition) is 4. The largest absolute Gasteiger partial charge is 0.483 e. The standard InChI is InChI=1S/C17H16N2O2/c1-17(2)9-11-5-3-8-14(16(11)21-17)20-13-7-4-6-12(10-18)15(13)19/h3-8H,9,19H2,1-2H3. The molecule has 0 amide bonds. The Morgan fingerprint density at radius 2 is 1.90 bits per heavy atom. The summed E-state index contributed by atoms with van der Waals surface area (Å²) >= 11 is 0. The molecule has 4 nitrogen and oxygen atoms in total. The lowest BCUT2D eigenvalue weighted by Gasteiger charge is -2.18. The molecule has 2 aromatic carbocycles. The van der Waals surface area contributed by atoms with Gasteiger partial charge in [0.1, 0.15) is 11.7 Å². The Bertz CT molecular complexity index is 745. The van der Waals surface area contributed by atoms with E-state index in [9.17, 15) is 0 Å². The number of hydrogen-bond donors (Lipinski definition) is 1. The van der Waals surface area contributed by atoms with Gasteiger partial charge < -0.3 is 15.2 Å². The normalized spacial score (nSPS) is 14.9. The van der Waals surface area contributed by atoms with E-state index < -0.39 is 0 Å². The van der Waals surface area contributed by atoms with E-state index in [2.05, 4.69) is 6.07 Å². The highest BCUT2D eigenvalue weighted by molar-refractivity contribution is 5.64. The monoisotopic (exact) mass is 280 g/mol. The summed E-state index contributed by atoms with van der Waals surface area (Å²) in [6.07, 6.45) is 0.841. The van der Waals surface area contributed by atoms with Gasteiger partial charge in [0.15, 0.2) is 17.2 Å². The molecule has 1 heterocycles. The van der Waals surface area contributed by atoms with Gasteiger partial charge in [-0.1, -0.05) is 18.2 Å². The molecular weight excluding hydrogens is 264 g/mol. The average Bonchev–Trinajstić information content (AvgIpc) is 2.76. The molecule has 0 saturated carbocycles. The molecule has 0 aliphatic carbocycles. The van der Waals surface area contributed by atoms with Crippen LogP contribution in [0.25, 0.3) is 0 Å². The minimum atomic E-state index is -0.234. The third-order valence-corrected chi connectivity index (χ3v) is 3.46. The minimum absolute atomic E-state index is 0.234. The number of para-hydroxylation sites is 2. The fourth-order valence-corrected chi connectivity index (χ4v) is 2.52. The second-order valence-electron chi connectivity index (χ2n) is 5.71. The number of fused-ring (bicyclic) bond motifs is 1. The van der Waals surface area contributed by atoms with Gasteiger partial charge in [-0.3, -0.25) is 0 Å². The van der Waals surface area contributed by atoms with Crippen molar-refractivity contribution >= 4 is 5.69 Å². The van der Waals surface area contributed by atoms with E-state index in [-0.39, 0.29) is 5.60 Å². The Labute approximate surface area is 123 Å². The molecule has 2 aromatic rings. The molecule has 4 heteroatoms. The molecule has 0 spiro atoms. The predicted octanol–water partition coefficient (Wildman–Crippen LogP) is 3.65.